The van der Waals surface area contributed by atoms with Gasteiger partial charge in [0.1, 0.15) is 11.3 Å². The van der Waals surface area contributed by atoms with E-state index in [-0.39, 0.29) is 71.3 Å². The highest BCUT2D eigenvalue weighted by Gasteiger charge is 2.57. The normalized spacial score (nSPS) is 28.6. The number of pyridine rings is 2. The van der Waals surface area contributed by atoms with Gasteiger partial charge in [-0.25, -0.2) is 15.0 Å². The SMILES string of the molecule is CC(C)n1cnc2cc(-c3ccc4c(c3)N(C3CC(N5CCCCC5)C3)C(=O)C43CCN(C(=O)[C@H]4C[C@H]5C[C@@H]4CN5C(=O)C4CCN(c5ccc(C6CCC(=O)NC6=O)cn5)CC4)CC3)nc(NC3CC3)c21. The Morgan fingerprint density at radius 2 is 1.60 bits per heavy atom. The van der Waals surface area contributed by atoms with E-state index in [2.05, 4.69) is 77.9 Å². The fourth-order valence-corrected chi connectivity index (χ4v) is 14.3. The maximum absolute atomic E-state index is 15.3. The van der Waals surface area contributed by atoms with Crippen LogP contribution in [0.3, 0.4) is 0 Å². The molecule has 3 saturated carbocycles. The van der Waals surface area contributed by atoms with Gasteiger partial charge in [-0.2, -0.15) is 0 Å². The number of amides is 5. The van der Waals surface area contributed by atoms with Gasteiger partial charge < -0.3 is 34.4 Å². The Balaban J connectivity index is 0.672. The molecule has 5 saturated heterocycles. The molecule has 4 aromatic rings. The van der Waals surface area contributed by atoms with Gasteiger partial charge in [-0.3, -0.25) is 29.3 Å². The quantitative estimate of drug-likeness (QED) is 0.166. The van der Waals surface area contributed by atoms with Crippen LogP contribution in [-0.2, 0) is 29.4 Å². The first-order valence-corrected chi connectivity index (χ1v) is 27.5. The van der Waals surface area contributed by atoms with Crippen LogP contribution < -0.4 is 20.4 Å². The third kappa shape index (κ3) is 7.87. The average molecular weight is 976 g/mol. The summed E-state index contributed by atoms with van der Waals surface area (Å²) in [6, 6.07) is 14.0. The Kier molecular flexibility index (Phi) is 11.4. The minimum atomic E-state index is -0.671. The molecule has 3 aromatic heterocycles. The Hall–Kier alpha value is -5.90. The first kappa shape index (κ1) is 45.9. The summed E-state index contributed by atoms with van der Waals surface area (Å²) in [6.45, 7) is 9.86. The van der Waals surface area contributed by atoms with Crippen LogP contribution in [0.1, 0.15) is 133 Å². The highest BCUT2D eigenvalue weighted by molar-refractivity contribution is 6.09. The number of carbonyl (C=O) groups excluding carboxylic acids is 5. The van der Waals surface area contributed by atoms with E-state index in [1.54, 1.807) is 6.20 Å². The van der Waals surface area contributed by atoms with E-state index in [0.29, 0.717) is 63.8 Å². The summed E-state index contributed by atoms with van der Waals surface area (Å²) in [5.41, 5.74) is 6.07. The van der Waals surface area contributed by atoms with Gasteiger partial charge in [-0.05, 0) is 146 Å². The molecule has 6 aliphatic heterocycles. The van der Waals surface area contributed by atoms with E-state index in [9.17, 15) is 19.2 Å². The summed E-state index contributed by atoms with van der Waals surface area (Å²) < 4.78 is 2.20. The Bertz CT molecular complexity index is 2810. The van der Waals surface area contributed by atoms with E-state index >= 15 is 4.79 Å². The lowest BCUT2D eigenvalue weighted by molar-refractivity contribution is -0.145. The lowest BCUT2D eigenvalue weighted by Crippen LogP contribution is -2.58. The maximum atomic E-state index is 15.3. The standard InChI is InChI=1S/C56H69N11O5/c1-33(2)66-32-58-46-29-45(60-51(50(46)66)59-38-8-9-38)35-6-11-44-47(25-35)67(41-26-39(27-41)62-18-4-3-5-19-62)55(72)56(44)16-22-64(23-17-56)54(71)43-28-40-24-37(43)31-65(40)53(70)34-14-20-63(21-15-34)48-12-7-36(30-57-48)42-10-13-49(68)61-52(42)69/h6-7,11-12,25,29-30,32-34,37-43H,3-5,8-10,13-24,26-28,31H2,1-2H3,(H,59,60)(H,61,68,69)/t37-,39?,40-,41?,42?,43+/m1/s1. The Morgan fingerprint density at radius 3 is 2.29 bits per heavy atom. The molecule has 16 nitrogen and oxygen atoms in total. The summed E-state index contributed by atoms with van der Waals surface area (Å²) in [5, 5.41) is 6.14. The van der Waals surface area contributed by atoms with Crippen molar-refractivity contribution in [3.8, 4) is 11.3 Å². The molecule has 2 N–H and O–H groups in total. The monoisotopic (exact) mass is 976 g/mol. The second-order valence-corrected chi connectivity index (χ2v) is 23.3. The lowest BCUT2D eigenvalue weighted by atomic mass is 9.73. The molecular formula is C56H69N11O5. The largest absolute Gasteiger partial charge is 0.366 e. The zero-order valence-electron chi connectivity index (χ0n) is 41.9. The summed E-state index contributed by atoms with van der Waals surface area (Å²) >= 11 is 0. The van der Waals surface area contributed by atoms with Gasteiger partial charge in [0.25, 0.3) is 0 Å². The number of anilines is 3. The zero-order valence-corrected chi connectivity index (χ0v) is 41.9. The van der Waals surface area contributed by atoms with Gasteiger partial charge in [0, 0.05) is 98.6 Å². The lowest BCUT2D eigenvalue weighted by Gasteiger charge is -2.48. The van der Waals surface area contributed by atoms with Gasteiger partial charge in [-0.15, -0.1) is 0 Å². The van der Waals surface area contributed by atoms with Crippen molar-refractivity contribution in [2.75, 3.05) is 60.9 Å². The summed E-state index contributed by atoms with van der Waals surface area (Å²) in [5.74, 6) is 1.51. The number of hydrogen-bond acceptors (Lipinski definition) is 11. The number of nitrogens with zero attached hydrogens (tertiary/aromatic N) is 9. The summed E-state index contributed by atoms with van der Waals surface area (Å²) in [7, 11) is 0. The van der Waals surface area contributed by atoms with Gasteiger partial charge in [-0.1, -0.05) is 24.6 Å². The second kappa shape index (κ2) is 17.9. The number of benzene rings is 1. The summed E-state index contributed by atoms with van der Waals surface area (Å²) in [6.07, 6.45) is 16.9. The molecule has 378 valence electrons. The van der Waals surface area contributed by atoms with E-state index in [1.165, 1.54) is 19.3 Å². The molecule has 9 aliphatic rings. The molecule has 2 bridgehead atoms. The highest BCUT2D eigenvalue weighted by atomic mass is 16.2. The van der Waals surface area contributed by atoms with E-state index in [1.807, 2.05) is 23.4 Å². The van der Waals surface area contributed by atoms with Crippen molar-refractivity contribution in [2.45, 2.75) is 152 Å². The van der Waals surface area contributed by atoms with Crippen molar-refractivity contribution in [1.82, 2.24) is 39.5 Å². The number of rotatable bonds is 10. The summed E-state index contributed by atoms with van der Waals surface area (Å²) in [4.78, 5) is 93.9. The topological polar surface area (TPSA) is 169 Å². The van der Waals surface area contributed by atoms with Gasteiger partial charge in [0.05, 0.1) is 28.9 Å². The minimum absolute atomic E-state index is 0.0508. The van der Waals surface area contributed by atoms with Gasteiger partial charge >= 0.3 is 0 Å². The molecule has 5 amide bonds. The molecule has 13 rings (SSSR count). The van der Waals surface area contributed by atoms with Crippen LogP contribution in [-0.4, -0.2) is 134 Å². The number of imide groups is 1. The van der Waals surface area contributed by atoms with E-state index in [4.69, 9.17) is 9.97 Å². The molecule has 1 aromatic carbocycles. The third-order valence-electron chi connectivity index (χ3n) is 18.7. The van der Waals surface area contributed by atoms with Crippen molar-refractivity contribution >= 4 is 57.9 Å². The number of likely N-dealkylation sites (tertiary alicyclic amines) is 3. The second-order valence-electron chi connectivity index (χ2n) is 23.3. The van der Waals surface area contributed by atoms with Crippen molar-refractivity contribution in [3.05, 3.63) is 60.0 Å². The molecule has 4 atom stereocenters. The molecular weight excluding hydrogens is 907 g/mol. The number of hydrogen-bond donors (Lipinski definition) is 2. The fourth-order valence-electron chi connectivity index (χ4n) is 14.3. The number of aromatic nitrogens is 4. The number of imidazole rings is 1. The Labute approximate surface area is 421 Å². The van der Waals surface area contributed by atoms with Crippen LogP contribution >= 0.6 is 0 Å². The van der Waals surface area contributed by atoms with E-state index < -0.39 is 5.41 Å². The van der Waals surface area contributed by atoms with Crippen LogP contribution in [0.4, 0.5) is 17.3 Å². The fraction of sp³-hybridized carbons (Fsp3) is 0.607. The average Bonchev–Trinajstić information content (AvgIpc) is 3.65. The predicted molar refractivity (Wildman–Crippen MR) is 273 cm³/mol. The van der Waals surface area contributed by atoms with Crippen LogP contribution in [0.2, 0.25) is 0 Å². The van der Waals surface area contributed by atoms with Crippen LogP contribution in [0.15, 0.2) is 48.9 Å². The highest BCUT2D eigenvalue weighted by Crippen LogP contribution is 2.53. The molecule has 3 aliphatic carbocycles. The number of nitrogens with one attached hydrogen (secondary N) is 2. The van der Waals surface area contributed by atoms with Crippen molar-refractivity contribution in [1.29, 1.82) is 0 Å². The van der Waals surface area contributed by atoms with Crippen molar-refractivity contribution in [2.24, 2.45) is 17.8 Å². The van der Waals surface area contributed by atoms with E-state index in [0.717, 1.165) is 122 Å². The number of piperidine rings is 5. The molecule has 0 radical (unpaired) electrons. The van der Waals surface area contributed by atoms with Crippen LogP contribution in [0.25, 0.3) is 22.3 Å². The molecule has 8 fully saturated rings. The molecule has 1 unspecified atom stereocenters. The predicted octanol–water partition coefficient (Wildman–Crippen LogP) is 6.55. The number of carbonyl (C=O) groups is 5. The maximum Gasteiger partial charge on any atom is 0.238 e. The molecule has 72 heavy (non-hydrogen) atoms. The minimum Gasteiger partial charge on any atom is -0.366 e. The van der Waals surface area contributed by atoms with Gasteiger partial charge in [0.2, 0.25) is 29.5 Å². The smallest absolute Gasteiger partial charge is 0.238 e. The van der Waals surface area contributed by atoms with Crippen LogP contribution in [0, 0.1) is 17.8 Å². The molecule has 16 heteroatoms. The first-order valence-electron chi connectivity index (χ1n) is 27.5. The first-order chi connectivity index (χ1) is 35.0. The third-order valence-corrected chi connectivity index (χ3v) is 18.7. The molecule has 9 heterocycles. The van der Waals surface area contributed by atoms with Crippen LogP contribution in [0.5, 0.6) is 0 Å². The number of fused-ring (bicyclic) bond motifs is 5. The van der Waals surface area contributed by atoms with Crippen molar-refractivity contribution in [3.63, 3.8) is 0 Å². The van der Waals surface area contributed by atoms with Crippen molar-refractivity contribution < 1.29 is 24.0 Å². The molecule has 1 spiro atoms. The van der Waals surface area contributed by atoms with Gasteiger partial charge in [0.15, 0.2) is 5.82 Å². The zero-order chi connectivity index (χ0) is 49.0. The Morgan fingerprint density at radius 1 is 0.806 bits per heavy atom.